The standard InChI is InChI=1S/C12H13N/c1-8-6-11-10(3)9(2)4-5-12(11)13-7-8/h4-7H,1-3H3. The van der Waals surface area contributed by atoms with E-state index in [0.717, 1.165) is 5.52 Å². The SMILES string of the molecule is Cc1cnc2ccc(C)c(C)c2c1. The van der Waals surface area contributed by atoms with E-state index in [9.17, 15) is 0 Å². The number of pyridine rings is 1. The fourth-order valence-corrected chi connectivity index (χ4v) is 1.55. The highest BCUT2D eigenvalue weighted by Crippen LogP contribution is 2.20. The van der Waals surface area contributed by atoms with Crippen molar-refractivity contribution >= 4 is 10.9 Å². The summed E-state index contributed by atoms with van der Waals surface area (Å²) in [5.41, 5.74) is 4.99. The number of hydrogen-bond acceptors (Lipinski definition) is 1. The quantitative estimate of drug-likeness (QED) is 0.593. The Morgan fingerprint density at radius 3 is 2.62 bits per heavy atom. The molecule has 0 saturated heterocycles. The molecule has 0 aliphatic carbocycles. The maximum absolute atomic E-state index is 4.38. The van der Waals surface area contributed by atoms with E-state index in [2.05, 4.69) is 44.0 Å². The number of rotatable bonds is 0. The second-order valence-corrected chi connectivity index (χ2v) is 3.59. The molecule has 0 N–H and O–H groups in total. The molecule has 0 radical (unpaired) electrons. The van der Waals surface area contributed by atoms with E-state index in [1.165, 1.54) is 22.1 Å². The zero-order valence-corrected chi connectivity index (χ0v) is 8.26. The summed E-state index contributed by atoms with van der Waals surface area (Å²) in [4.78, 5) is 4.38. The molecular formula is C12H13N. The second-order valence-electron chi connectivity index (χ2n) is 3.59. The maximum atomic E-state index is 4.38. The Morgan fingerprint density at radius 2 is 1.85 bits per heavy atom. The molecule has 13 heavy (non-hydrogen) atoms. The summed E-state index contributed by atoms with van der Waals surface area (Å²) >= 11 is 0. The smallest absolute Gasteiger partial charge is 0.0705 e. The normalized spacial score (nSPS) is 10.7. The zero-order chi connectivity index (χ0) is 9.42. The van der Waals surface area contributed by atoms with Crippen LogP contribution in [0.3, 0.4) is 0 Å². The van der Waals surface area contributed by atoms with Crippen molar-refractivity contribution in [3.05, 3.63) is 41.1 Å². The van der Waals surface area contributed by atoms with Crippen LogP contribution in [-0.4, -0.2) is 4.98 Å². The van der Waals surface area contributed by atoms with Crippen molar-refractivity contribution in [2.75, 3.05) is 0 Å². The molecule has 0 unspecified atom stereocenters. The average Bonchev–Trinajstić information content (AvgIpc) is 2.12. The van der Waals surface area contributed by atoms with Gasteiger partial charge >= 0.3 is 0 Å². The number of nitrogens with zero attached hydrogens (tertiary/aromatic N) is 1. The highest BCUT2D eigenvalue weighted by Gasteiger charge is 2.00. The van der Waals surface area contributed by atoms with Crippen LogP contribution in [-0.2, 0) is 0 Å². The molecular weight excluding hydrogens is 158 g/mol. The van der Waals surface area contributed by atoms with E-state index in [0.29, 0.717) is 0 Å². The molecule has 1 heterocycles. The molecule has 0 amide bonds. The third-order valence-electron chi connectivity index (χ3n) is 2.54. The Hall–Kier alpha value is -1.37. The van der Waals surface area contributed by atoms with Crippen LogP contribution >= 0.6 is 0 Å². The van der Waals surface area contributed by atoms with Gasteiger partial charge in [0.2, 0.25) is 0 Å². The second kappa shape index (κ2) is 2.84. The van der Waals surface area contributed by atoms with Crippen LogP contribution < -0.4 is 0 Å². The third-order valence-corrected chi connectivity index (χ3v) is 2.54. The fourth-order valence-electron chi connectivity index (χ4n) is 1.55. The number of fused-ring (bicyclic) bond motifs is 1. The Balaban J connectivity index is 2.89. The highest BCUT2D eigenvalue weighted by atomic mass is 14.6. The molecule has 1 aromatic heterocycles. The Kier molecular flexibility index (Phi) is 1.80. The van der Waals surface area contributed by atoms with Gasteiger partial charge in [-0.25, -0.2) is 0 Å². The van der Waals surface area contributed by atoms with Gasteiger partial charge in [-0.2, -0.15) is 0 Å². The van der Waals surface area contributed by atoms with Crippen LogP contribution in [0.1, 0.15) is 16.7 Å². The topological polar surface area (TPSA) is 12.9 Å². The molecule has 0 bridgehead atoms. The molecule has 2 aromatic rings. The summed E-state index contributed by atoms with van der Waals surface area (Å²) in [6.45, 7) is 6.37. The first-order chi connectivity index (χ1) is 6.18. The summed E-state index contributed by atoms with van der Waals surface area (Å²) in [6.07, 6.45) is 1.91. The Bertz CT molecular complexity index is 453. The number of aromatic nitrogens is 1. The van der Waals surface area contributed by atoms with Crippen LogP contribution in [0.15, 0.2) is 24.4 Å². The van der Waals surface area contributed by atoms with E-state index in [4.69, 9.17) is 0 Å². The minimum atomic E-state index is 1.09. The number of aryl methyl sites for hydroxylation is 3. The molecule has 1 aromatic carbocycles. The van der Waals surface area contributed by atoms with Gasteiger partial charge in [0.05, 0.1) is 5.52 Å². The van der Waals surface area contributed by atoms with Crippen LogP contribution in [0.2, 0.25) is 0 Å². The summed E-state index contributed by atoms with van der Waals surface area (Å²) < 4.78 is 0. The lowest BCUT2D eigenvalue weighted by Crippen LogP contribution is -1.87. The van der Waals surface area contributed by atoms with Gasteiger partial charge < -0.3 is 0 Å². The molecule has 1 heteroatoms. The summed E-state index contributed by atoms with van der Waals surface area (Å²) in [6, 6.07) is 6.40. The van der Waals surface area contributed by atoms with Crippen molar-refractivity contribution in [2.24, 2.45) is 0 Å². The molecule has 0 saturated carbocycles. The van der Waals surface area contributed by atoms with Gasteiger partial charge in [-0.05, 0) is 49.6 Å². The van der Waals surface area contributed by atoms with E-state index < -0.39 is 0 Å². The van der Waals surface area contributed by atoms with Crippen molar-refractivity contribution in [1.29, 1.82) is 0 Å². The van der Waals surface area contributed by atoms with Gasteiger partial charge in [0.15, 0.2) is 0 Å². The van der Waals surface area contributed by atoms with E-state index in [-0.39, 0.29) is 0 Å². The molecule has 0 atom stereocenters. The lowest BCUT2D eigenvalue weighted by molar-refractivity contribution is 1.30. The van der Waals surface area contributed by atoms with Crippen molar-refractivity contribution in [1.82, 2.24) is 4.98 Å². The van der Waals surface area contributed by atoms with Gasteiger partial charge in [-0.3, -0.25) is 4.98 Å². The summed E-state index contributed by atoms with van der Waals surface area (Å²) in [7, 11) is 0. The van der Waals surface area contributed by atoms with E-state index in [1.54, 1.807) is 0 Å². The number of hydrogen-bond donors (Lipinski definition) is 0. The van der Waals surface area contributed by atoms with Crippen molar-refractivity contribution in [3.8, 4) is 0 Å². The minimum absolute atomic E-state index is 1.09. The first kappa shape index (κ1) is 8.24. The van der Waals surface area contributed by atoms with Crippen LogP contribution in [0.4, 0.5) is 0 Å². The lowest BCUT2D eigenvalue weighted by atomic mass is 10.0. The highest BCUT2D eigenvalue weighted by molar-refractivity contribution is 5.83. The van der Waals surface area contributed by atoms with Gasteiger partial charge in [0.25, 0.3) is 0 Å². The van der Waals surface area contributed by atoms with E-state index >= 15 is 0 Å². The third kappa shape index (κ3) is 1.31. The predicted octanol–water partition coefficient (Wildman–Crippen LogP) is 3.16. The molecule has 66 valence electrons. The van der Waals surface area contributed by atoms with Crippen LogP contribution in [0.5, 0.6) is 0 Å². The van der Waals surface area contributed by atoms with Crippen molar-refractivity contribution in [2.45, 2.75) is 20.8 Å². The molecule has 1 nitrogen and oxygen atoms in total. The maximum Gasteiger partial charge on any atom is 0.0705 e. The van der Waals surface area contributed by atoms with Crippen molar-refractivity contribution < 1.29 is 0 Å². The fraction of sp³-hybridized carbons (Fsp3) is 0.250. The van der Waals surface area contributed by atoms with Gasteiger partial charge in [-0.1, -0.05) is 6.07 Å². The molecule has 2 rings (SSSR count). The van der Waals surface area contributed by atoms with Crippen LogP contribution in [0.25, 0.3) is 10.9 Å². The average molecular weight is 171 g/mol. The largest absolute Gasteiger partial charge is 0.256 e. The van der Waals surface area contributed by atoms with Gasteiger partial charge in [0.1, 0.15) is 0 Å². The zero-order valence-electron chi connectivity index (χ0n) is 8.26. The first-order valence-corrected chi connectivity index (χ1v) is 4.51. The molecule has 0 spiro atoms. The van der Waals surface area contributed by atoms with Gasteiger partial charge in [0, 0.05) is 11.6 Å². The van der Waals surface area contributed by atoms with Gasteiger partial charge in [-0.15, -0.1) is 0 Å². The first-order valence-electron chi connectivity index (χ1n) is 4.51. The van der Waals surface area contributed by atoms with Crippen molar-refractivity contribution in [3.63, 3.8) is 0 Å². The summed E-state index contributed by atoms with van der Waals surface area (Å²) in [5.74, 6) is 0. The van der Waals surface area contributed by atoms with Crippen LogP contribution in [0, 0.1) is 20.8 Å². The molecule has 0 aliphatic rings. The molecule has 0 fully saturated rings. The predicted molar refractivity (Wildman–Crippen MR) is 56.0 cm³/mol. The number of benzene rings is 1. The molecule has 0 aliphatic heterocycles. The summed E-state index contributed by atoms with van der Waals surface area (Å²) in [5, 5.41) is 1.28. The Morgan fingerprint density at radius 1 is 1.08 bits per heavy atom. The van der Waals surface area contributed by atoms with E-state index in [1.807, 2.05) is 6.20 Å². The Labute approximate surface area is 78.4 Å². The lowest BCUT2D eigenvalue weighted by Gasteiger charge is -2.05. The monoisotopic (exact) mass is 171 g/mol. The minimum Gasteiger partial charge on any atom is -0.256 e.